The highest BCUT2D eigenvalue weighted by Gasteiger charge is 2.54. The smallest absolute Gasteiger partial charge is 0.307 e. The van der Waals surface area contributed by atoms with E-state index in [1.165, 1.54) is 31.5 Å². The molecule has 1 aromatic rings. The number of nitrogens with zero attached hydrogens (tertiary/aromatic N) is 1. The third kappa shape index (κ3) is 6.54. The van der Waals surface area contributed by atoms with Crippen molar-refractivity contribution in [1.82, 2.24) is 10.2 Å². The van der Waals surface area contributed by atoms with Gasteiger partial charge in [0, 0.05) is 32.5 Å². The lowest BCUT2D eigenvalue weighted by atomic mass is 9.82. The molecule has 4 rings (SSSR count). The molecule has 3 saturated heterocycles. The summed E-state index contributed by atoms with van der Waals surface area (Å²) in [5.74, 6) is -0.717. The minimum Gasteiger partial charge on any atom is -0.481 e. The van der Waals surface area contributed by atoms with Crippen LogP contribution in [-0.2, 0) is 27.3 Å². The number of fused-ring (bicyclic) bond motifs is 5. The summed E-state index contributed by atoms with van der Waals surface area (Å²) < 4.78 is 0. The summed E-state index contributed by atoms with van der Waals surface area (Å²) in [5.41, 5.74) is 2.20. The molecule has 0 saturated carbocycles. The lowest BCUT2D eigenvalue weighted by Gasteiger charge is -2.24. The first-order chi connectivity index (χ1) is 13.7. The molecule has 0 spiro atoms. The van der Waals surface area contributed by atoms with Crippen LogP contribution in [0.25, 0.3) is 0 Å². The Bertz CT molecular complexity index is 682. The van der Waals surface area contributed by atoms with Crippen molar-refractivity contribution >= 4 is 17.9 Å². The van der Waals surface area contributed by atoms with Crippen LogP contribution < -0.4 is 5.32 Å². The normalized spacial score (nSPS) is 26.6. The topological polar surface area (TPSA) is 127 Å². The maximum absolute atomic E-state index is 10.7. The molecule has 160 valence electrons. The number of carboxylic acids is 3. The SMILES string of the molecule is CC(=O)O.CC(=O)O.O=C(O)Cc1ccc(CN2[C@@H]3CC[C@H]2[C@H]2CNC[C@H]23)cc1. The molecule has 4 N–H and O–H groups in total. The fraction of sp³-hybridized carbons (Fsp3) is 0.571. The second kappa shape index (κ2) is 10.4. The maximum atomic E-state index is 10.7. The molecular weight excluding hydrogens is 376 g/mol. The molecular formula is C21H30N2O6. The second-order valence-electron chi connectivity index (χ2n) is 7.80. The Balaban J connectivity index is 0.000000324. The molecule has 3 aliphatic heterocycles. The van der Waals surface area contributed by atoms with Gasteiger partial charge in [-0.25, -0.2) is 0 Å². The summed E-state index contributed by atoms with van der Waals surface area (Å²) in [4.78, 5) is 31.4. The average Bonchev–Trinajstić information content (AvgIpc) is 3.28. The molecule has 0 aromatic heterocycles. The summed E-state index contributed by atoms with van der Waals surface area (Å²) in [7, 11) is 0. The highest BCUT2D eigenvalue weighted by atomic mass is 16.4. The second-order valence-corrected chi connectivity index (χ2v) is 7.80. The van der Waals surface area contributed by atoms with E-state index in [9.17, 15) is 4.79 Å². The van der Waals surface area contributed by atoms with Crippen LogP contribution >= 0.6 is 0 Å². The Kier molecular flexibility index (Phi) is 8.16. The molecule has 0 amide bonds. The zero-order valence-corrected chi connectivity index (χ0v) is 16.9. The van der Waals surface area contributed by atoms with Crippen LogP contribution in [-0.4, -0.2) is 63.3 Å². The van der Waals surface area contributed by atoms with Gasteiger partial charge >= 0.3 is 5.97 Å². The van der Waals surface area contributed by atoms with Crippen LogP contribution in [0.4, 0.5) is 0 Å². The monoisotopic (exact) mass is 406 g/mol. The summed E-state index contributed by atoms with van der Waals surface area (Å²) in [6.07, 6.45) is 2.82. The number of hydrogen-bond donors (Lipinski definition) is 4. The Morgan fingerprint density at radius 2 is 1.31 bits per heavy atom. The average molecular weight is 406 g/mol. The number of nitrogens with one attached hydrogen (secondary N) is 1. The lowest BCUT2D eigenvalue weighted by Crippen LogP contribution is -2.33. The molecule has 4 atom stereocenters. The van der Waals surface area contributed by atoms with E-state index in [1.54, 1.807) is 0 Å². The van der Waals surface area contributed by atoms with Gasteiger partial charge < -0.3 is 20.6 Å². The number of carbonyl (C=O) groups is 3. The van der Waals surface area contributed by atoms with Crippen LogP contribution in [0, 0.1) is 11.8 Å². The molecule has 29 heavy (non-hydrogen) atoms. The molecule has 8 heteroatoms. The Labute approximate surface area is 170 Å². The Morgan fingerprint density at radius 3 is 1.72 bits per heavy atom. The number of benzene rings is 1. The summed E-state index contributed by atoms with van der Waals surface area (Å²) >= 11 is 0. The summed E-state index contributed by atoms with van der Waals surface area (Å²) in [6, 6.07) is 9.64. The van der Waals surface area contributed by atoms with Gasteiger partial charge in [0.1, 0.15) is 0 Å². The first kappa shape index (κ1) is 22.8. The first-order valence-electron chi connectivity index (χ1n) is 9.84. The number of aliphatic carboxylic acids is 3. The minimum atomic E-state index is -0.833. The van der Waals surface area contributed by atoms with Crippen LogP contribution in [0.2, 0.25) is 0 Å². The Hall–Kier alpha value is -2.45. The van der Waals surface area contributed by atoms with Crippen molar-refractivity contribution < 1.29 is 29.7 Å². The van der Waals surface area contributed by atoms with Gasteiger partial charge in [0.2, 0.25) is 0 Å². The standard InChI is InChI=1S/C17H22N2O2.2C2H4O2/c20-17(21)7-11-1-3-12(4-2-11)10-19-15-5-6-16(19)14-9-18-8-13(14)15;2*1-2(3)4/h1-4,13-16,18H,5-10H2,(H,20,21);2*1H3,(H,3,4)/t13-,14+,15-,16+;;. The largest absolute Gasteiger partial charge is 0.481 e. The summed E-state index contributed by atoms with van der Waals surface area (Å²) in [5, 5.41) is 27.2. The predicted octanol–water partition coefficient (Wildman–Crippen LogP) is 1.68. The van der Waals surface area contributed by atoms with E-state index >= 15 is 0 Å². The van der Waals surface area contributed by atoms with Gasteiger partial charge in [0.05, 0.1) is 6.42 Å². The van der Waals surface area contributed by atoms with E-state index in [-0.39, 0.29) is 6.42 Å². The van der Waals surface area contributed by atoms with Crippen molar-refractivity contribution in [3.05, 3.63) is 35.4 Å². The highest BCUT2D eigenvalue weighted by molar-refractivity contribution is 5.70. The van der Waals surface area contributed by atoms with Crippen LogP contribution in [0.15, 0.2) is 24.3 Å². The third-order valence-corrected chi connectivity index (χ3v) is 5.65. The van der Waals surface area contributed by atoms with Crippen LogP contribution in [0.1, 0.15) is 37.8 Å². The van der Waals surface area contributed by atoms with E-state index in [2.05, 4.69) is 22.3 Å². The number of hydrogen-bond acceptors (Lipinski definition) is 5. The van der Waals surface area contributed by atoms with Gasteiger partial charge in [-0.3, -0.25) is 19.3 Å². The van der Waals surface area contributed by atoms with E-state index < -0.39 is 17.9 Å². The van der Waals surface area contributed by atoms with Crippen molar-refractivity contribution in [2.45, 2.75) is 51.7 Å². The zero-order chi connectivity index (χ0) is 21.6. The summed E-state index contributed by atoms with van der Waals surface area (Å²) in [6.45, 7) is 5.58. The third-order valence-electron chi connectivity index (χ3n) is 5.65. The molecule has 0 unspecified atom stereocenters. The molecule has 3 heterocycles. The lowest BCUT2D eigenvalue weighted by molar-refractivity contribution is -0.136. The van der Waals surface area contributed by atoms with Crippen molar-refractivity contribution in [3.63, 3.8) is 0 Å². The molecule has 3 fully saturated rings. The van der Waals surface area contributed by atoms with Gasteiger partial charge in [-0.2, -0.15) is 0 Å². The van der Waals surface area contributed by atoms with Crippen LogP contribution in [0.3, 0.4) is 0 Å². The van der Waals surface area contributed by atoms with Crippen LogP contribution in [0.5, 0.6) is 0 Å². The van der Waals surface area contributed by atoms with Crippen molar-refractivity contribution in [3.8, 4) is 0 Å². The number of carboxylic acid groups (broad SMARTS) is 3. The zero-order valence-electron chi connectivity index (χ0n) is 16.9. The van der Waals surface area contributed by atoms with E-state index in [0.717, 1.165) is 49.9 Å². The van der Waals surface area contributed by atoms with Gasteiger partial charge in [-0.05, 0) is 48.9 Å². The molecule has 3 aliphatic rings. The van der Waals surface area contributed by atoms with Gasteiger partial charge in [0.15, 0.2) is 0 Å². The van der Waals surface area contributed by atoms with Crippen molar-refractivity contribution in [2.24, 2.45) is 11.8 Å². The van der Waals surface area contributed by atoms with Crippen molar-refractivity contribution in [1.29, 1.82) is 0 Å². The molecule has 2 bridgehead atoms. The Morgan fingerprint density at radius 1 is 0.897 bits per heavy atom. The molecule has 8 nitrogen and oxygen atoms in total. The fourth-order valence-corrected chi connectivity index (χ4v) is 4.78. The quantitative estimate of drug-likeness (QED) is 0.595. The minimum absolute atomic E-state index is 0.116. The van der Waals surface area contributed by atoms with Gasteiger partial charge in [-0.1, -0.05) is 24.3 Å². The predicted molar refractivity (Wildman–Crippen MR) is 107 cm³/mol. The van der Waals surface area contributed by atoms with Crippen molar-refractivity contribution in [2.75, 3.05) is 13.1 Å². The van der Waals surface area contributed by atoms with E-state index in [0.29, 0.717) is 0 Å². The highest BCUT2D eigenvalue weighted by Crippen LogP contribution is 2.47. The van der Waals surface area contributed by atoms with Gasteiger partial charge in [-0.15, -0.1) is 0 Å². The maximum Gasteiger partial charge on any atom is 0.307 e. The number of rotatable bonds is 4. The van der Waals surface area contributed by atoms with Gasteiger partial charge in [0.25, 0.3) is 11.9 Å². The fourth-order valence-electron chi connectivity index (χ4n) is 4.78. The van der Waals surface area contributed by atoms with E-state index in [4.69, 9.17) is 24.9 Å². The molecule has 0 aliphatic carbocycles. The first-order valence-corrected chi connectivity index (χ1v) is 9.84. The molecule has 0 radical (unpaired) electrons. The van der Waals surface area contributed by atoms with E-state index in [1.807, 2.05) is 12.1 Å². The molecule has 1 aromatic carbocycles.